The first-order valence-corrected chi connectivity index (χ1v) is 5.10. The van der Waals surface area contributed by atoms with Gasteiger partial charge in [0.2, 0.25) is 0 Å². The fourth-order valence-electron chi connectivity index (χ4n) is 1.25. The molecule has 6 heteroatoms. The molecule has 0 aliphatic heterocycles. The Kier molecular flexibility index (Phi) is 3.20. The predicted molar refractivity (Wildman–Crippen MR) is 63.7 cm³/mol. The molecule has 1 aromatic carbocycles. The fraction of sp³-hybridized carbons (Fsp3) is 0. The van der Waals surface area contributed by atoms with E-state index in [4.69, 9.17) is 16.7 Å². The molecule has 0 radical (unpaired) electrons. The van der Waals surface area contributed by atoms with Crippen molar-refractivity contribution in [3.63, 3.8) is 0 Å². The number of benzene rings is 1. The average molecular weight is 250 g/mol. The number of rotatable bonds is 3. The van der Waals surface area contributed by atoms with E-state index in [2.05, 4.69) is 15.3 Å². The average Bonchev–Trinajstić information content (AvgIpc) is 2.33. The third-order valence-corrected chi connectivity index (χ3v) is 2.37. The topological polar surface area (TPSA) is 75.1 Å². The van der Waals surface area contributed by atoms with Crippen molar-refractivity contribution in [2.24, 2.45) is 0 Å². The SMILES string of the molecule is O=C(O)c1ccc(Nc2ccncn2)c(Cl)c1. The number of nitrogens with zero attached hydrogens (tertiary/aromatic N) is 2. The van der Waals surface area contributed by atoms with E-state index < -0.39 is 5.97 Å². The molecule has 0 atom stereocenters. The predicted octanol–water partition coefficient (Wildman–Crippen LogP) is 2.57. The summed E-state index contributed by atoms with van der Waals surface area (Å²) in [5.74, 6) is -0.425. The number of halogens is 1. The van der Waals surface area contributed by atoms with Gasteiger partial charge in [0.05, 0.1) is 16.3 Å². The Morgan fingerprint density at radius 3 is 2.76 bits per heavy atom. The van der Waals surface area contributed by atoms with Crippen LogP contribution in [0.1, 0.15) is 10.4 Å². The molecule has 0 aliphatic rings. The maximum atomic E-state index is 10.7. The molecule has 0 amide bonds. The second-order valence-corrected chi connectivity index (χ2v) is 3.63. The van der Waals surface area contributed by atoms with Crippen molar-refractivity contribution < 1.29 is 9.90 Å². The minimum absolute atomic E-state index is 0.142. The molecule has 86 valence electrons. The van der Waals surface area contributed by atoms with E-state index in [1.807, 2.05) is 0 Å². The second-order valence-electron chi connectivity index (χ2n) is 3.22. The van der Waals surface area contributed by atoms with E-state index in [0.29, 0.717) is 16.5 Å². The van der Waals surface area contributed by atoms with Crippen LogP contribution < -0.4 is 5.32 Å². The van der Waals surface area contributed by atoms with Crippen LogP contribution in [0.2, 0.25) is 5.02 Å². The van der Waals surface area contributed by atoms with Crippen molar-refractivity contribution in [1.82, 2.24) is 9.97 Å². The van der Waals surface area contributed by atoms with Crippen LogP contribution in [0.4, 0.5) is 11.5 Å². The zero-order chi connectivity index (χ0) is 12.3. The van der Waals surface area contributed by atoms with Gasteiger partial charge in [-0.3, -0.25) is 0 Å². The number of hydrogen-bond acceptors (Lipinski definition) is 4. The summed E-state index contributed by atoms with van der Waals surface area (Å²) in [6.45, 7) is 0. The van der Waals surface area contributed by atoms with E-state index in [0.717, 1.165) is 0 Å². The number of carbonyl (C=O) groups is 1. The maximum absolute atomic E-state index is 10.7. The molecule has 1 aromatic heterocycles. The molecule has 0 bridgehead atoms. The Balaban J connectivity index is 2.26. The van der Waals surface area contributed by atoms with Crippen molar-refractivity contribution in [3.05, 3.63) is 47.4 Å². The van der Waals surface area contributed by atoms with Crippen LogP contribution in [0.25, 0.3) is 0 Å². The molecule has 2 rings (SSSR count). The van der Waals surface area contributed by atoms with Crippen molar-refractivity contribution in [2.75, 3.05) is 5.32 Å². The molecule has 0 saturated heterocycles. The van der Waals surface area contributed by atoms with Gasteiger partial charge in [0.15, 0.2) is 0 Å². The summed E-state index contributed by atoms with van der Waals surface area (Å²) in [5.41, 5.74) is 0.735. The van der Waals surface area contributed by atoms with Crippen LogP contribution >= 0.6 is 11.6 Å². The van der Waals surface area contributed by atoms with Gasteiger partial charge in [0, 0.05) is 6.20 Å². The minimum atomic E-state index is -1.01. The molecule has 0 unspecified atom stereocenters. The van der Waals surface area contributed by atoms with Gasteiger partial charge < -0.3 is 10.4 Å². The lowest BCUT2D eigenvalue weighted by Crippen LogP contribution is -1.98. The van der Waals surface area contributed by atoms with Gasteiger partial charge in [-0.1, -0.05) is 11.6 Å². The molecule has 0 spiro atoms. The van der Waals surface area contributed by atoms with E-state index >= 15 is 0 Å². The fourth-order valence-corrected chi connectivity index (χ4v) is 1.48. The lowest BCUT2D eigenvalue weighted by molar-refractivity contribution is 0.0697. The van der Waals surface area contributed by atoms with Gasteiger partial charge in [0.1, 0.15) is 12.1 Å². The summed E-state index contributed by atoms with van der Waals surface area (Å²) in [6.07, 6.45) is 3.00. The van der Waals surface area contributed by atoms with Crippen LogP contribution in [0, 0.1) is 0 Å². The quantitative estimate of drug-likeness (QED) is 0.874. The Bertz CT molecular complexity index is 546. The highest BCUT2D eigenvalue weighted by Crippen LogP contribution is 2.25. The molecular formula is C11H8ClN3O2. The lowest BCUT2D eigenvalue weighted by atomic mass is 10.2. The van der Waals surface area contributed by atoms with Crippen LogP contribution in [0.5, 0.6) is 0 Å². The largest absolute Gasteiger partial charge is 0.478 e. The first-order valence-electron chi connectivity index (χ1n) is 4.72. The number of nitrogens with one attached hydrogen (secondary N) is 1. The summed E-state index contributed by atoms with van der Waals surface area (Å²) in [4.78, 5) is 18.5. The van der Waals surface area contributed by atoms with Crippen molar-refractivity contribution in [3.8, 4) is 0 Å². The van der Waals surface area contributed by atoms with E-state index in [1.54, 1.807) is 18.3 Å². The third kappa shape index (κ3) is 2.70. The zero-order valence-electron chi connectivity index (χ0n) is 8.59. The Labute approximate surface area is 102 Å². The number of carboxylic acid groups (broad SMARTS) is 1. The maximum Gasteiger partial charge on any atom is 0.335 e. The van der Waals surface area contributed by atoms with Gasteiger partial charge in [-0.2, -0.15) is 0 Å². The van der Waals surface area contributed by atoms with Crippen LogP contribution in [-0.4, -0.2) is 21.0 Å². The minimum Gasteiger partial charge on any atom is -0.478 e. The molecule has 17 heavy (non-hydrogen) atoms. The van der Waals surface area contributed by atoms with E-state index in [9.17, 15) is 4.79 Å². The van der Waals surface area contributed by atoms with Gasteiger partial charge in [-0.05, 0) is 24.3 Å². The summed E-state index contributed by atoms with van der Waals surface area (Å²) in [6, 6.07) is 6.13. The number of anilines is 2. The first-order chi connectivity index (χ1) is 8.16. The normalized spacial score (nSPS) is 9.94. The van der Waals surface area contributed by atoms with Crippen LogP contribution in [0.3, 0.4) is 0 Å². The molecule has 0 aliphatic carbocycles. The standard InChI is InChI=1S/C11H8ClN3O2/c12-8-5-7(11(16)17)1-2-9(8)15-10-3-4-13-6-14-10/h1-6H,(H,16,17)(H,13,14,15). The first kappa shape index (κ1) is 11.3. The number of hydrogen-bond donors (Lipinski definition) is 2. The smallest absolute Gasteiger partial charge is 0.335 e. The highest BCUT2D eigenvalue weighted by atomic mass is 35.5. The Morgan fingerprint density at radius 1 is 1.35 bits per heavy atom. The molecule has 2 N–H and O–H groups in total. The second kappa shape index (κ2) is 4.80. The van der Waals surface area contributed by atoms with Gasteiger partial charge >= 0.3 is 5.97 Å². The Morgan fingerprint density at radius 2 is 2.18 bits per heavy atom. The molecule has 0 saturated carbocycles. The highest BCUT2D eigenvalue weighted by Gasteiger charge is 2.07. The zero-order valence-corrected chi connectivity index (χ0v) is 9.35. The molecule has 1 heterocycles. The highest BCUT2D eigenvalue weighted by molar-refractivity contribution is 6.33. The van der Waals surface area contributed by atoms with Crippen molar-refractivity contribution >= 4 is 29.1 Å². The van der Waals surface area contributed by atoms with E-state index in [-0.39, 0.29) is 5.56 Å². The Hall–Kier alpha value is -2.14. The molecule has 0 fully saturated rings. The molecular weight excluding hydrogens is 242 g/mol. The van der Waals surface area contributed by atoms with E-state index in [1.165, 1.54) is 18.5 Å². The molecule has 2 aromatic rings. The van der Waals surface area contributed by atoms with Crippen LogP contribution in [0.15, 0.2) is 36.8 Å². The molecule has 5 nitrogen and oxygen atoms in total. The third-order valence-electron chi connectivity index (χ3n) is 2.06. The number of carboxylic acids is 1. The van der Waals surface area contributed by atoms with Crippen molar-refractivity contribution in [1.29, 1.82) is 0 Å². The number of aromatic nitrogens is 2. The van der Waals surface area contributed by atoms with Crippen LogP contribution in [-0.2, 0) is 0 Å². The van der Waals surface area contributed by atoms with Gasteiger partial charge in [-0.15, -0.1) is 0 Å². The van der Waals surface area contributed by atoms with Crippen molar-refractivity contribution in [2.45, 2.75) is 0 Å². The monoisotopic (exact) mass is 249 g/mol. The van der Waals surface area contributed by atoms with Gasteiger partial charge in [-0.25, -0.2) is 14.8 Å². The lowest BCUT2D eigenvalue weighted by Gasteiger charge is -2.07. The summed E-state index contributed by atoms with van der Waals surface area (Å²) in [7, 11) is 0. The summed E-state index contributed by atoms with van der Waals surface area (Å²) >= 11 is 5.95. The summed E-state index contributed by atoms with van der Waals surface area (Å²) < 4.78 is 0. The van der Waals surface area contributed by atoms with Gasteiger partial charge in [0.25, 0.3) is 0 Å². The summed E-state index contributed by atoms with van der Waals surface area (Å²) in [5, 5.41) is 12.1. The number of aromatic carboxylic acids is 1.